The minimum atomic E-state index is -0.693. The van der Waals surface area contributed by atoms with Crippen LogP contribution in [0.5, 0.6) is 0 Å². The number of carbonyl (C=O) groups is 1. The first-order chi connectivity index (χ1) is 6.27. The number of rotatable bonds is 1. The van der Waals surface area contributed by atoms with E-state index in [0.29, 0.717) is 0 Å². The van der Waals surface area contributed by atoms with Crippen LogP contribution in [-0.2, 0) is 6.42 Å². The van der Waals surface area contributed by atoms with Crippen LogP contribution in [0.1, 0.15) is 23.6 Å². The van der Waals surface area contributed by atoms with E-state index in [0.717, 1.165) is 12.8 Å². The van der Waals surface area contributed by atoms with Gasteiger partial charge in [0, 0.05) is 0 Å². The Hall–Kier alpha value is -1.51. The molecule has 0 saturated heterocycles. The molecule has 2 N–H and O–H groups in total. The molecule has 0 heterocycles. The number of aryl methyl sites for hydroxylation is 1. The first-order valence-corrected chi connectivity index (χ1v) is 4.37. The zero-order valence-corrected chi connectivity index (χ0v) is 7.21. The molecule has 0 bridgehead atoms. The van der Waals surface area contributed by atoms with Crippen molar-refractivity contribution >= 4 is 6.03 Å². The Bertz CT molecular complexity index is 335. The van der Waals surface area contributed by atoms with Crippen LogP contribution in [0.2, 0.25) is 0 Å². The predicted molar refractivity (Wildman–Crippen MR) is 49.1 cm³/mol. The highest BCUT2D eigenvalue weighted by atomic mass is 16.2. The van der Waals surface area contributed by atoms with Crippen LogP contribution < -0.4 is 11.1 Å². The predicted octanol–water partition coefficient (Wildman–Crippen LogP) is 1.67. The van der Waals surface area contributed by atoms with Gasteiger partial charge in [-0.25, -0.2) is 10.5 Å². The molecular weight excluding hydrogens is 164 g/mol. The third kappa shape index (κ3) is 1.49. The number of hydrogen-bond donors (Lipinski definition) is 1. The largest absolute Gasteiger partial charge is 0.334 e. The first kappa shape index (κ1) is 8.10. The average molecular weight is 175 g/mol. The summed E-state index contributed by atoms with van der Waals surface area (Å²) in [5.41, 5.74) is 9.30. The lowest BCUT2D eigenvalue weighted by Crippen LogP contribution is -2.26. The van der Waals surface area contributed by atoms with Gasteiger partial charge in [0.25, 0.3) is 0 Å². The fourth-order valence-corrected chi connectivity index (χ4v) is 1.87. The molecule has 0 saturated carbocycles. The highest BCUT2D eigenvalue weighted by Crippen LogP contribution is 2.30. The number of benzene rings is 1. The summed E-state index contributed by atoms with van der Waals surface area (Å²) in [4.78, 5) is 10.6. The van der Waals surface area contributed by atoms with Gasteiger partial charge in [0.15, 0.2) is 0 Å². The van der Waals surface area contributed by atoms with E-state index in [1.54, 1.807) is 0 Å². The monoisotopic (exact) mass is 175 g/mol. The summed E-state index contributed by atoms with van der Waals surface area (Å²) >= 11 is 0. The second-order valence-electron chi connectivity index (χ2n) is 3.26. The van der Waals surface area contributed by atoms with Crippen molar-refractivity contribution in [2.45, 2.75) is 18.9 Å². The summed E-state index contributed by atoms with van der Waals surface area (Å²) in [5.74, 6) is 0. The summed E-state index contributed by atoms with van der Waals surface area (Å²) < 4.78 is 0. The van der Waals surface area contributed by atoms with Crippen LogP contribution in [0.25, 0.3) is 0 Å². The van der Waals surface area contributed by atoms with Gasteiger partial charge in [-0.3, -0.25) is 0 Å². The molecule has 1 radical (unpaired) electrons. The second-order valence-corrected chi connectivity index (χ2v) is 3.26. The second kappa shape index (κ2) is 3.09. The maximum absolute atomic E-state index is 10.6. The van der Waals surface area contributed by atoms with E-state index in [1.807, 2.05) is 18.2 Å². The van der Waals surface area contributed by atoms with Crippen molar-refractivity contribution < 1.29 is 4.79 Å². The molecule has 0 spiro atoms. The smallest absolute Gasteiger partial charge is 0.330 e. The van der Waals surface area contributed by atoms with Gasteiger partial charge in [0.2, 0.25) is 0 Å². The first-order valence-electron chi connectivity index (χ1n) is 4.37. The quantitative estimate of drug-likeness (QED) is 0.693. The van der Waals surface area contributed by atoms with Crippen LogP contribution in [0.3, 0.4) is 0 Å². The number of fused-ring (bicyclic) bond motifs is 1. The molecule has 2 rings (SSSR count). The lowest BCUT2D eigenvalue weighted by atomic mass is 10.1. The van der Waals surface area contributed by atoms with E-state index in [-0.39, 0.29) is 6.04 Å². The lowest BCUT2D eigenvalue weighted by molar-refractivity contribution is 0.244. The Kier molecular flexibility index (Phi) is 1.93. The highest BCUT2D eigenvalue weighted by molar-refractivity contribution is 5.71. The fourth-order valence-electron chi connectivity index (χ4n) is 1.87. The Morgan fingerprint density at radius 3 is 3.00 bits per heavy atom. The molecule has 3 nitrogen and oxygen atoms in total. The van der Waals surface area contributed by atoms with Gasteiger partial charge in [-0.05, 0) is 24.0 Å². The molecule has 1 aliphatic carbocycles. The fraction of sp³-hybridized carbons (Fsp3) is 0.300. The minimum Gasteiger partial charge on any atom is -0.330 e. The van der Waals surface area contributed by atoms with Crippen molar-refractivity contribution in [2.24, 2.45) is 0 Å². The van der Waals surface area contributed by atoms with Crippen LogP contribution in [0.15, 0.2) is 24.3 Å². The molecule has 1 atom stereocenters. The van der Waals surface area contributed by atoms with Crippen molar-refractivity contribution in [1.29, 1.82) is 0 Å². The Balaban J connectivity index is 2.23. The zero-order valence-electron chi connectivity index (χ0n) is 7.21. The van der Waals surface area contributed by atoms with Gasteiger partial charge in [-0.15, -0.1) is 0 Å². The Morgan fingerprint density at radius 1 is 1.46 bits per heavy atom. The summed E-state index contributed by atoms with van der Waals surface area (Å²) in [7, 11) is 0. The Labute approximate surface area is 76.9 Å². The third-order valence-corrected chi connectivity index (χ3v) is 2.44. The number of hydrogen-bond acceptors (Lipinski definition) is 1. The van der Waals surface area contributed by atoms with Crippen molar-refractivity contribution in [3.63, 3.8) is 0 Å². The molecule has 67 valence electrons. The lowest BCUT2D eigenvalue weighted by Gasteiger charge is -2.10. The normalized spacial score (nSPS) is 19.5. The SMILES string of the molecule is [NH]C(=O)NC1CCc2ccccc21. The van der Waals surface area contributed by atoms with Gasteiger partial charge in [-0.1, -0.05) is 24.3 Å². The molecule has 2 amide bonds. The third-order valence-electron chi connectivity index (χ3n) is 2.44. The Morgan fingerprint density at radius 2 is 2.23 bits per heavy atom. The summed E-state index contributed by atoms with van der Waals surface area (Å²) in [6.45, 7) is 0. The molecule has 1 aromatic carbocycles. The number of nitrogens with one attached hydrogen (secondary N) is 2. The molecule has 0 fully saturated rings. The van der Waals surface area contributed by atoms with E-state index in [2.05, 4.69) is 11.4 Å². The topological polar surface area (TPSA) is 52.9 Å². The molecule has 1 aromatic rings. The van der Waals surface area contributed by atoms with E-state index < -0.39 is 6.03 Å². The molecular formula is C10H11N2O. The molecule has 1 unspecified atom stereocenters. The summed E-state index contributed by atoms with van der Waals surface area (Å²) in [6.07, 6.45) is 1.92. The molecule has 3 heteroatoms. The van der Waals surface area contributed by atoms with Gasteiger partial charge < -0.3 is 5.32 Å². The van der Waals surface area contributed by atoms with Crippen LogP contribution >= 0.6 is 0 Å². The van der Waals surface area contributed by atoms with Crippen molar-refractivity contribution in [3.8, 4) is 0 Å². The summed E-state index contributed by atoms with van der Waals surface area (Å²) in [5, 5.41) is 2.63. The van der Waals surface area contributed by atoms with Crippen molar-refractivity contribution in [3.05, 3.63) is 35.4 Å². The van der Waals surface area contributed by atoms with Crippen molar-refractivity contribution in [1.82, 2.24) is 11.1 Å². The highest BCUT2D eigenvalue weighted by Gasteiger charge is 2.22. The molecule has 13 heavy (non-hydrogen) atoms. The number of urea groups is 1. The number of amides is 2. The van der Waals surface area contributed by atoms with E-state index in [1.165, 1.54) is 11.1 Å². The van der Waals surface area contributed by atoms with Gasteiger partial charge >= 0.3 is 6.03 Å². The summed E-state index contributed by atoms with van der Waals surface area (Å²) in [6, 6.07) is 7.42. The van der Waals surface area contributed by atoms with E-state index >= 15 is 0 Å². The standard InChI is InChI=1S/C10H11N2O/c11-10(13)12-9-6-5-7-3-1-2-4-8(7)9/h1-4,9,11H,5-6H2,(H,12,13). The molecule has 0 aromatic heterocycles. The van der Waals surface area contributed by atoms with E-state index in [4.69, 9.17) is 5.73 Å². The van der Waals surface area contributed by atoms with Crippen LogP contribution in [-0.4, -0.2) is 6.03 Å². The van der Waals surface area contributed by atoms with Crippen LogP contribution in [0.4, 0.5) is 4.79 Å². The molecule has 0 aliphatic heterocycles. The molecule has 1 aliphatic rings. The van der Waals surface area contributed by atoms with Gasteiger partial charge in [0.1, 0.15) is 0 Å². The maximum atomic E-state index is 10.6. The van der Waals surface area contributed by atoms with Crippen LogP contribution in [0, 0.1) is 0 Å². The van der Waals surface area contributed by atoms with Crippen molar-refractivity contribution in [2.75, 3.05) is 0 Å². The maximum Gasteiger partial charge on any atom is 0.334 e. The van der Waals surface area contributed by atoms with Gasteiger partial charge in [-0.2, -0.15) is 0 Å². The van der Waals surface area contributed by atoms with Gasteiger partial charge in [0.05, 0.1) is 6.04 Å². The number of carbonyl (C=O) groups excluding carboxylic acids is 1. The minimum absolute atomic E-state index is 0.0567. The van der Waals surface area contributed by atoms with E-state index in [9.17, 15) is 4.79 Å². The average Bonchev–Trinajstić information content (AvgIpc) is 2.48. The zero-order chi connectivity index (χ0) is 9.26.